The van der Waals surface area contributed by atoms with Gasteiger partial charge >= 0.3 is 5.97 Å². The number of halogens is 1. The molecule has 1 aromatic heterocycles. The summed E-state index contributed by atoms with van der Waals surface area (Å²) in [6.45, 7) is 2.46. The Kier molecular flexibility index (Phi) is 7.51. The molecule has 0 fully saturated rings. The lowest BCUT2D eigenvalue weighted by atomic mass is 9.98. The van der Waals surface area contributed by atoms with Crippen molar-refractivity contribution >= 4 is 40.1 Å². The average Bonchev–Trinajstić information content (AvgIpc) is 3.29. The van der Waals surface area contributed by atoms with Crippen molar-refractivity contribution in [2.45, 2.75) is 38.6 Å². The molecule has 1 atom stereocenters. The van der Waals surface area contributed by atoms with Gasteiger partial charge in [0, 0.05) is 35.8 Å². The van der Waals surface area contributed by atoms with Crippen LogP contribution in [0, 0.1) is 0 Å². The zero-order valence-electron chi connectivity index (χ0n) is 19.5. The van der Waals surface area contributed by atoms with Crippen molar-refractivity contribution in [1.29, 1.82) is 0 Å². The fourth-order valence-corrected chi connectivity index (χ4v) is 4.37. The second-order valence-electron chi connectivity index (χ2n) is 8.14. The van der Waals surface area contributed by atoms with Crippen molar-refractivity contribution in [2.24, 2.45) is 5.10 Å². The highest BCUT2D eigenvalue weighted by molar-refractivity contribution is 6.30. The van der Waals surface area contributed by atoms with Gasteiger partial charge in [0.15, 0.2) is 0 Å². The molecule has 1 aliphatic heterocycles. The predicted molar refractivity (Wildman–Crippen MR) is 133 cm³/mol. The molecule has 3 aromatic rings. The molecular weight excluding hydrogens is 470 g/mol. The molecule has 2 heterocycles. The molecule has 182 valence electrons. The molecule has 1 amide bonds. The summed E-state index contributed by atoms with van der Waals surface area (Å²) in [6, 6.07) is 14.5. The number of ether oxygens (including phenoxy) is 2. The highest BCUT2D eigenvalue weighted by Gasteiger charge is 2.34. The number of hydrogen-bond acceptors (Lipinski definition) is 6. The third kappa shape index (κ3) is 5.54. The molecule has 2 aromatic carbocycles. The summed E-state index contributed by atoms with van der Waals surface area (Å²) < 4.78 is 11.0. The number of aromatic nitrogens is 1. The predicted octanol–water partition coefficient (Wildman–Crippen LogP) is 5.23. The van der Waals surface area contributed by atoms with Crippen molar-refractivity contribution < 1.29 is 24.2 Å². The molecule has 8 nitrogen and oxygen atoms in total. The van der Waals surface area contributed by atoms with E-state index < -0.39 is 12.0 Å². The first-order valence-electron chi connectivity index (χ1n) is 11.4. The summed E-state index contributed by atoms with van der Waals surface area (Å²) in [6.07, 6.45) is 0.624. The van der Waals surface area contributed by atoms with Gasteiger partial charge in [0.2, 0.25) is 5.91 Å². The van der Waals surface area contributed by atoms with Gasteiger partial charge in [-0.25, -0.2) is 9.99 Å². The summed E-state index contributed by atoms with van der Waals surface area (Å²) in [7, 11) is 1.59. The van der Waals surface area contributed by atoms with Gasteiger partial charge in [-0.15, -0.1) is 0 Å². The summed E-state index contributed by atoms with van der Waals surface area (Å²) in [5.74, 6) is 0.190. The summed E-state index contributed by atoms with van der Waals surface area (Å²) >= 11 is 6.61. The number of pyridine rings is 1. The molecule has 4 rings (SSSR count). The normalized spacial score (nSPS) is 15.2. The Bertz CT molecular complexity index is 1290. The van der Waals surface area contributed by atoms with E-state index in [2.05, 4.69) is 10.1 Å². The summed E-state index contributed by atoms with van der Waals surface area (Å²) in [5, 5.41) is 16.1. The lowest BCUT2D eigenvalue weighted by Gasteiger charge is -2.23. The van der Waals surface area contributed by atoms with Crippen molar-refractivity contribution in [3.8, 4) is 11.5 Å². The van der Waals surface area contributed by atoms with Crippen LogP contribution in [0.15, 0.2) is 53.6 Å². The quantitative estimate of drug-likeness (QED) is 0.408. The minimum atomic E-state index is -0.941. The number of amides is 1. The first-order valence-corrected chi connectivity index (χ1v) is 11.8. The Morgan fingerprint density at radius 3 is 2.71 bits per heavy atom. The van der Waals surface area contributed by atoms with Crippen LogP contribution < -0.4 is 9.47 Å². The van der Waals surface area contributed by atoms with Crippen LogP contribution >= 0.6 is 11.6 Å². The second-order valence-corrected chi connectivity index (χ2v) is 8.50. The average molecular weight is 496 g/mol. The Balaban J connectivity index is 1.71. The van der Waals surface area contributed by atoms with E-state index in [1.807, 2.05) is 55.5 Å². The molecule has 0 aliphatic carbocycles. The van der Waals surface area contributed by atoms with Gasteiger partial charge in [0.25, 0.3) is 0 Å². The van der Waals surface area contributed by atoms with E-state index in [1.165, 1.54) is 5.01 Å². The molecule has 0 radical (unpaired) electrons. The van der Waals surface area contributed by atoms with Gasteiger partial charge in [0.05, 0.1) is 31.0 Å². The van der Waals surface area contributed by atoms with E-state index in [-0.39, 0.29) is 30.3 Å². The van der Waals surface area contributed by atoms with Crippen molar-refractivity contribution in [1.82, 2.24) is 9.99 Å². The molecule has 0 spiro atoms. The number of carbonyl (C=O) groups is 2. The number of carboxylic acids is 1. The fraction of sp³-hybridized carbons (Fsp3) is 0.308. The van der Waals surface area contributed by atoms with Gasteiger partial charge < -0.3 is 14.6 Å². The van der Waals surface area contributed by atoms with E-state index in [0.717, 1.165) is 16.7 Å². The minimum absolute atomic E-state index is 0.0603. The van der Waals surface area contributed by atoms with Crippen LogP contribution in [-0.2, 0) is 9.59 Å². The summed E-state index contributed by atoms with van der Waals surface area (Å²) in [5.41, 5.74) is 2.92. The van der Waals surface area contributed by atoms with Crippen molar-refractivity contribution in [3.05, 3.63) is 64.8 Å². The number of fused-ring (bicyclic) bond motifs is 1. The van der Waals surface area contributed by atoms with Crippen molar-refractivity contribution in [2.75, 3.05) is 13.7 Å². The molecular formula is C26H26ClN3O5. The third-order valence-corrected chi connectivity index (χ3v) is 6.09. The molecule has 0 bridgehead atoms. The van der Waals surface area contributed by atoms with Crippen LogP contribution in [-0.4, -0.2) is 46.4 Å². The monoisotopic (exact) mass is 495 g/mol. The van der Waals surface area contributed by atoms with Gasteiger partial charge in [0.1, 0.15) is 16.7 Å². The topological polar surface area (TPSA) is 101 Å². The smallest absolute Gasteiger partial charge is 0.303 e. The maximum atomic E-state index is 13.1. The number of methoxy groups -OCH3 is 1. The highest BCUT2D eigenvalue weighted by atomic mass is 35.5. The highest BCUT2D eigenvalue weighted by Crippen LogP contribution is 2.38. The molecule has 1 N–H and O–H groups in total. The fourth-order valence-electron chi connectivity index (χ4n) is 4.10. The van der Waals surface area contributed by atoms with E-state index >= 15 is 0 Å². The van der Waals surface area contributed by atoms with Crippen molar-refractivity contribution in [3.63, 3.8) is 0 Å². The van der Waals surface area contributed by atoms with Gasteiger partial charge in [-0.3, -0.25) is 9.59 Å². The molecule has 0 unspecified atom stereocenters. The Labute approximate surface area is 208 Å². The maximum Gasteiger partial charge on any atom is 0.303 e. The number of aliphatic carboxylic acids is 1. The molecule has 35 heavy (non-hydrogen) atoms. The number of benzene rings is 2. The van der Waals surface area contributed by atoms with Crippen LogP contribution in [0.4, 0.5) is 0 Å². The second kappa shape index (κ2) is 10.7. The lowest BCUT2D eigenvalue weighted by Crippen LogP contribution is -2.27. The Morgan fingerprint density at radius 1 is 1.14 bits per heavy atom. The zero-order chi connectivity index (χ0) is 24.9. The molecule has 1 aliphatic rings. The van der Waals surface area contributed by atoms with Gasteiger partial charge in [-0.1, -0.05) is 23.7 Å². The number of carboxylic acid groups (broad SMARTS) is 1. The third-order valence-electron chi connectivity index (χ3n) is 5.79. The number of nitrogens with zero attached hydrogens (tertiary/aromatic N) is 3. The standard InChI is InChI=1S/C26H26ClN3O5/c1-3-35-19-10-11-21-17(13-19)14-20(26(27)28-21)23-15-22(16-6-4-7-18(12-16)34-2)29-30(23)24(31)8-5-9-25(32)33/h4,6-7,10-14,23H,3,5,8-9,15H2,1-2H3,(H,32,33)/t23-/m1/s1. The van der Waals surface area contributed by atoms with Gasteiger partial charge in [-0.2, -0.15) is 5.10 Å². The van der Waals surface area contributed by atoms with Crippen LogP contribution in [0.2, 0.25) is 5.15 Å². The molecule has 0 saturated heterocycles. The largest absolute Gasteiger partial charge is 0.497 e. The number of hydrogen-bond donors (Lipinski definition) is 1. The summed E-state index contributed by atoms with van der Waals surface area (Å²) in [4.78, 5) is 28.6. The zero-order valence-corrected chi connectivity index (χ0v) is 20.3. The minimum Gasteiger partial charge on any atom is -0.497 e. The van der Waals surface area contributed by atoms with Gasteiger partial charge in [-0.05, 0) is 49.7 Å². The van der Waals surface area contributed by atoms with Crippen LogP contribution in [0.3, 0.4) is 0 Å². The Morgan fingerprint density at radius 2 is 1.97 bits per heavy atom. The Hall–Kier alpha value is -3.65. The number of carbonyl (C=O) groups excluding carboxylic acids is 1. The van der Waals surface area contributed by atoms with Crippen LogP contribution in [0.1, 0.15) is 49.8 Å². The first kappa shape index (κ1) is 24.5. The van der Waals surface area contributed by atoms with E-state index in [9.17, 15) is 9.59 Å². The molecule has 9 heteroatoms. The lowest BCUT2D eigenvalue weighted by molar-refractivity contribution is -0.137. The van der Waals surface area contributed by atoms with E-state index in [4.69, 9.17) is 26.2 Å². The maximum absolute atomic E-state index is 13.1. The first-order chi connectivity index (χ1) is 16.9. The van der Waals surface area contributed by atoms with E-state index in [1.54, 1.807) is 7.11 Å². The molecule has 0 saturated carbocycles. The SMILES string of the molecule is CCOc1ccc2nc(Cl)c([C@H]3CC(c4cccc(OC)c4)=NN3C(=O)CCCC(=O)O)cc2c1. The number of rotatable bonds is 9. The number of hydrazone groups is 1. The van der Waals surface area contributed by atoms with Crippen LogP contribution in [0.25, 0.3) is 10.9 Å². The van der Waals surface area contributed by atoms with E-state index in [0.29, 0.717) is 35.6 Å². The van der Waals surface area contributed by atoms with Crippen LogP contribution in [0.5, 0.6) is 11.5 Å².